The van der Waals surface area contributed by atoms with Crippen LogP contribution in [0.5, 0.6) is 5.75 Å². The number of hydrogen-bond acceptors (Lipinski definition) is 7. The molecule has 184 valence electrons. The van der Waals surface area contributed by atoms with Crippen LogP contribution in [-0.2, 0) is 0 Å². The van der Waals surface area contributed by atoms with Crippen molar-refractivity contribution >= 4 is 33.7 Å². The van der Waals surface area contributed by atoms with E-state index in [1.54, 1.807) is 22.9 Å². The normalized spacial score (nSPS) is 12.0. The Morgan fingerprint density at radius 2 is 1.95 bits per heavy atom. The molecule has 0 N–H and O–H groups in total. The summed E-state index contributed by atoms with van der Waals surface area (Å²) in [6.45, 7) is 2.40. The molecular formula is C27H20FN5O2S2. The van der Waals surface area contributed by atoms with Gasteiger partial charge in [0.1, 0.15) is 5.69 Å². The van der Waals surface area contributed by atoms with Gasteiger partial charge in [-0.2, -0.15) is 14.6 Å². The van der Waals surface area contributed by atoms with Gasteiger partial charge in [0.25, 0.3) is 5.56 Å². The van der Waals surface area contributed by atoms with Crippen LogP contribution in [0.1, 0.15) is 18.9 Å². The van der Waals surface area contributed by atoms with Crippen LogP contribution in [0.3, 0.4) is 0 Å². The number of thiazole rings is 1. The summed E-state index contributed by atoms with van der Waals surface area (Å²) in [4.78, 5) is 19.1. The van der Waals surface area contributed by atoms with Crippen LogP contribution in [0, 0.1) is 5.82 Å². The fourth-order valence-electron chi connectivity index (χ4n) is 3.89. The lowest BCUT2D eigenvalue weighted by Crippen LogP contribution is -2.23. The molecule has 0 saturated heterocycles. The van der Waals surface area contributed by atoms with Crippen molar-refractivity contribution in [3.8, 4) is 33.4 Å². The van der Waals surface area contributed by atoms with Crippen LogP contribution in [0.25, 0.3) is 38.7 Å². The molecule has 0 atom stereocenters. The zero-order valence-electron chi connectivity index (χ0n) is 19.7. The van der Waals surface area contributed by atoms with Gasteiger partial charge in [-0.3, -0.25) is 4.79 Å². The molecule has 0 fully saturated rings. The van der Waals surface area contributed by atoms with E-state index in [9.17, 15) is 9.18 Å². The zero-order valence-corrected chi connectivity index (χ0v) is 21.3. The van der Waals surface area contributed by atoms with Crippen molar-refractivity contribution in [2.75, 3.05) is 6.61 Å². The molecule has 0 spiro atoms. The summed E-state index contributed by atoms with van der Waals surface area (Å²) < 4.78 is 23.8. The number of fused-ring (bicyclic) bond motifs is 1. The van der Waals surface area contributed by atoms with Gasteiger partial charge in [0.2, 0.25) is 4.96 Å². The molecule has 4 heterocycles. The minimum Gasteiger partial charge on any atom is -0.491 e. The number of thiophene rings is 1. The second-order valence-electron chi connectivity index (χ2n) is 8.23. The van der Waals surface area contributed by atoms with E-state index in [1.165, 1.54) is 33.3 Å². The summed E-state index contributed by atoms with van der Waals surface area (Å²) in [7, 11) is 0. The number of halogens is 1. The molecule has 0 aliphatic rings. The van der Waals surface area contributed by atoms with E-state index < -0.39 is 5.82 Å². The fraction of sp³-hybridized carbons (Fsp3) is 0.111. The molecule has 10 heteroatoms. The van der Waals surface area contributed by atoms with Crippen LogP contribution in [0.2, 0.25) is 0 Å². The number of aromatic nitrogens is 5. The Morgan fingerprint density at radius 3 is 2.68 bits per heavy atom. The maximum Gasteiger partial charge on any atom is 0.291 e. The highest BCUT2D eigenvalue weighted by atomic mass is 32.1. The van der Waals surface area contributed by atoms with Gasteiger partial charge in [-0.15, -0.1) is 16.4 Å². The summed E-state index contributed by atoms with van der Waals surface area (Å²) in [6, 6.07) is 18.3. The van der Waals surface area contributed by atoms with E-state index in [0.29, 0.717) is 38.7 Å². The van der Waals surface area contributed by atoms with Crippen LogP contribution in [0.4, 0.5) is 4.39 Å². The number of benzene rings is 2. The fourth-order valence-corrected chi connectivity index (χ4v) is 5.44. The van der Waals surface area contributed by atoms with Gasteiger partial charge in [-0.05, 0) is 54.3 Å². The monoisotopic (exact) mass is 529 g/mol. The lowest BCUT2D eigenvalue weighted by atomic mass is 10.1. The van der Waals surface area contributed by atoms with Gasteiger partial charge in [-0.25, -0.2) is 9.07 Å². The van der Waals surface area contributed by atoms with E-state index in [0.717, 1.165) is 17.0 Å². The van der Waals surface area contributed by atoms with E-state index in [2.05, 4.69) is 10.1 Å². The highest BCUT2D eigenvalue weighted by molar-refractivity contribution is 7.15. The number of hydrogen-bond donors (Lipinski definition) is 0. The molecule has 6 rings (SSSR count). The topological polar surface area (TPSA) is 74.3 Å². The van der Waals surface area contributed by atoms with Gasteiger partial charge < -0.3 is 4.74 Å². The van der Waals surface area contributed by atoms with Gasteiger partial charge in [-0.1, -0.05) is 42.5 Å². The van der Waals surface area contributed by atoms with Crippen LogP contribution in [0.15, 0.2) is 77.0 Å². The summed E-state index contributed by atoms with van der Waals surface area (Å²) in [5, 5.41) is 11.1. The molecule has 37 heavy (non-hydrogen) atoms. The lowest BCUT2D eigenvalue weighted by molar-refractivity contribution is 0.301. The number of para-hydroxylation sites is 1. The molecule has 0 unspecified atom stereocenters. The zero-order chi connectivity index (χ0) is 25.4. The third kappa shape index (κ3) is 4.45. The lowest BCUT2D eigenvalue weighted by Gasteiger charge is -2.07. The van der Waals surface area contributed by atoms with Crippen molar-refractivity contribution in [2.45, 2.75) is 13.3 Å². The first-order valence-electron chi connectivity index (χ1n) is 11.6. The SMILES string of the molecule is CCCOc1ccc(-c2nn(-c3ccccc3)cc2/C=c2\sc3nc(-c4cccs4)nn3c2=O)cc1F. The van der Waals surface area contributed by atoms with Crippen molar-refractivity contribution in [3.63, 3.8) is 0 Å². The molecule has 7 nitrogen and oxygen atoms in total. The Labute approximate surface area is 218 Å². The molecule has 0 bridgehead atoms. The minimum absolute atomic E-state index is 0.201. The van der Waals surface area contributed by atoms with E-state index in [-0.39, 0.29) is 11.3 Å². The molecule has 6 aromatic rings. The highest BCUT2D eigenvalue weighted by Gasteiger charge is 2.16. The summed E-state index contributed by atoms with van der Waals surface area (Å²) >= 11 is 2.78. The van der Waals surface area contributed by atoms with Crippen molar-refractivity contribution in [3.05, 3.63) is 98.5 Å². The molecule has 0 radical (unpaired) electrons. The molecule has 0 aliphatic carbocycles. The average Bonchev–Trinajstić information content (AvgIpc) is 3.70. The maximum atomic E-state index is 14.8. The first-order chi connectivity index (χ1) is 18.1. The summed E-state index contributed by atoms with van der Waals surface area (Å²) in [6.07, 6.45) is 4.37. The maximum absolute atomic E-state index is 14.8. The summed E-state index contributed by atoms with van der Waals surface area (Å²) in [5.74, 6) is 0.270. The Bertz CT molecular complexity index is 1810. The van der Waals surface area contributed by atoms with Gasteiger partial charge in [0, 0.05) is 17.3 Å². The minimum atomic E-state index is -0.462. The van der Waals surface area contributed by atoms with Crippen LogP contribution >= 0.6 is 22.7 Å². The predicted molar refractivity (Wildman–Crippen MR) is 144 cm³/mol. The van der Waals surface area contributed by atoms with Gasteiger partial charge >= 0.3 is 0 Å². The number of nitrogens with zero attached hydrogens (tertiary/aromatic N) is 5. The highest BCUT2D eigenvalue weighted by Crippen LogP contribution is 2.29. The first-order valence-corrected chi connectivity index (χ1v) is 13.3. The smallest absolute Gasteiger partial charge is 0.291 e. The van der Waals surface area contributed by atoms with Crippen LogP contribution in [-0.4, -0.2) is 31.0 Å². The Kier molecular flexibility index (Phi) is 6.11. The molecule has 4 aromatic heterocycles. The van der Waals surface area contributed by atoms with Gasteiger partial charge in [0.05, 0.1) is 21.7 Å². The Hall–Kier alpha value is -4.15. The third-order valence-electron chi connectivity index (χ3n) is 5.64. The first kappa shape index (κ1) is 23.3. The van der Waals surface area contributed by atoms with Crippen molar-refractivity contribution < 1.29 is 9.13 Å². The van der Waals surface area contributed by atoms with Crippen molar-refractivity contribution in [1.82, 2.24) is 24.4 Å². The Balaban J connectivity index is 1.47. The van der Waals surface area contributed by atoms with Crippen molar-refractivity contribution in [2.24, 2.45) is 0 Å². The third-order valence-corrected chi connectivity index (χ3v) is 7.47. The summed E-state index contributed by atoms with van der Waals surface area (Å²) in [5.41, 5.74) is 2.38. The molecule has 2 aromatic carbocycles. The predicted octanol–water partition coefficient (Wildman–Crippen LogP) is 5.21. The molecule has 0 aliphatic heterocycles. The van der Waals surface area contributed by atoms with Crippen LogP contribution < -0.4 is 14.8 Å². The molecule has 0 amide bonds. The Morgan fingerprint density at radius 1 is 1.08 bits per heavy atom. The largest absolute Gasteiger partial charge is 0.491 e. The molecular weight excluding hydrogens is 509 g/mol. The number of rotatable bonds is 7. The van der Waals surface area contributed by atoms with E-state index in [1.807, 2.05) is 61.0 Å². The average molecular weight is 530 g/mol. The second-order valence-corrected chi connectivity index (χ2v) is 10.2. The molecule has 0 saturated carbocycles. The van der Waals surface area contributed by atoms with E-state index >= 15 is 0 Å². The van der Waals surface area contributed by atoms with Crippen molar-refractivity contribution in [1.29, 1.82) is 0 Å². The second kappa shape index (κ2) is 9.72. The quantitative estimate of drug-likeness (QED) is 0.284. The van der Waals surface area contributed by atoms with E-state index in [4.69, 9.17) is 9.84 Å². The standard InChI is InChI=1S/C27H20FN5O2S2/c1-2-12-35-21-11-10-17(14-20(21)28)24-18(16-32(30-24)19-7-4-3-5-8-19)15-23-26(34)33-27(37-23)29-25(31-33)22-9-6-13-36-22/h3-11,13-16H,2,12H2,1H3/b23-15-. The number of ether oxygens (including phenoxy) is 1. The van der Waals surface area contributed by atoms with Gasteiger partial charge in [0.15, 0.2) is 17.4 Å².